The molecule has 0 aliphatic carbocycles. The topological polar surface area (TPSA) is 161 Å². The summed E-state index contributed by atoms with van der Waals surface area (Å²) in [6.45, 7) is 0.238. The number of rotatable bonds is 8. The molecular weight excluding hydrogens is 396 g/mol. The average Bonchev–Trinajstić information content (AvgIpc) is 3.17. The van der Waals surface area contributed by atoms with E-state index in [1.165, 1.54) is 49.3 Å². The van der Waals surface area contributed by atoms with E-state index in [9.17, 15) is 25.0 Å². The molecule has 2 atom stereocenters. The van der Waals surface area contributed by atoms with E-state index in [4.69, 9.17) is 5.21 Å². The minimum Gasteiger partial charge on any atom is -0.733 e. The Labute approximate surface area is 170 Å². The van der Waals surface area contributed by atoms with Crippen molar-refractivity contribution in [3.05, 3.63) is 62.2 Å². The van der Waals surface area contributed by atoms with Crippen LogP contribution in [0.15, 0.2) is 40.2 Å². The molecule has 0 unspecified atom stereocenters. The van der Waals surface area contributed by atoms with Gasteiger partial charge in [0.1, 0.15) is 0 Å². The van der Waals surface area contributed by atoms with Crippen LogP contribution in [-0.2, 0) is 20.6 Å². The predicted molar refractivity (Wildman–Crippen MR) is 108 cm³/mol. The Morgan fingerprint density at radius 3 is 2.47 bits per heavy atom. The van der Waals surface area contributed by atoms with Gasteiger partial charge in [0.25, 0.3) is 5.56 Å². The van der Waals surface area contributed by atoms with Crippen molar-refractivity contribution in [1.82, 2.24) is 24.0 Å². The smallest absolute Gasteiger partial charge is 0.332 e. The van der Waals surface area contributed by atoms with Gasteiger partial charge in [-0.05, 0) is 17.7 Å². The Bertz CT molecular complexity index is 1130. The second-order valence-electron chi connectivity index (χ2n) is 6.87. The monoisotopic (exact) mass is 419 g/mol. The molecule has 162 valence electrons. The fourth-order valence-corrected chi connectivity index (χ4v) is 3.24. The van der Waals surface area contributed by atoms with Crippen LogP contribution in [0, 0.1) is 5.21 Å². The number of imidazole rings is 1. The number of benzene rings is 1. The van der Waals surface area contributed by atoms with Gasteiger partial charge in [0.2, 0.25) is 0 Å². The zero-order chi connectivity index (χ0) is 22.0. The van der Waals surface area contributed by atoms with Crippen molar-refractivity contribution in [1.29, 1.82) is 0 Å². The molecule has 4 N–H and O–H groups in total. The Kier molecular flexibility index (Phi) is 6.34. The Morgan fingerprint density at radius 2 is 1.87 bits per heavy atom. The van der Waals surface area contributed by atoms with Crippen LogP contribution in [0.5, 0.6) is 0 Å². The molecule has 2 aromatic heterocycles. The lowest BCUT2D eigenvalue weighted by Crippen LogP contribution is -2.40. The van der Waals surface area contributed by atoms with E-state index in [-0.39, 0.29) is 28.7 Å². The van der Waals surface area contributed by atoms with Crippen LogP contribution in [0.2, 0.25) is 0 Å². The quantitative estimate of drug-likeness (QED) is 0.329. The summed E-state index contributed by atoms with van der Waals surface area (Å²) in [4.78, 5) is 28.6. The lowest BCUT2D eigenvalue weighted by Gasteiger charge is -2.25. The predicted octanol–water partition coefficient (Wildman–Crippen LogP) is -1.19. The number of nitrogens with one attached hydrogen (secondary N) is 1. The van der Waals surface area contributed by atoms with Crippen molar-refractivity contribution < 1.29 is 15.4 Å². The lowest BCUT2D eigenvalue weighted by atomic mass is 10.0. The Morgan fingerprint density at radius 1 is 1.20 bits per heavy atom. The normalized spacial score (nSPS) is 13.5. The third kappa shape index (κ3) is 3.99. The maximum Gasteiger partial charge on any atom is 0.332 e. The minimum atomic E-state index is -1.07. The number of hydrogen-bond donors (Lipinski definition) is 4. The highest BCUT2D eigenvalue weighted by atomic mass is 16.8. The molecule has 30 heavy (non-hydrogen) atoms. The number of aryl methyl sites for hydroxylation is 1. The average molecular weight is 419 g/mol. The van der Waals surface area contributed by atoms with Crippen molar-refractivity contribution in [2.24, 2.45) is 14.1 Å². The van der Waals surface area contributed by atoms with Crippen molar-refractivity contribution in [3.63, 3.8) is 0 Å². The highest BCUT2D eigenvalue weighted by Gasteiger charge is 2.20. The van der Waals surface area contributed by atoms with E-state index >= 15 is 0 Å². The van der Waals surface area contributed by atoms with Crippen molar-refractivity contribution in [3.8, 4) is 0 Å². The van der Waals surface area contributed by atoms with Gasteiger partial charge in [0.15, 0.2) is 11.2 Å². The highest BCUT2D eigenvalue weighted by molar-refractivity contribution is 5.69. The fourth-order valence-electron chi connectivity index (χ4n) is 3.24. The molecule has 0 fully saturated rings. The largest absolute Gasteiger partial charge is 0.733 e. The fraction of sp³-hybridized carbons (Fsp3) is 0.389. The SMILES string of the molecule is Cn1c(=O)c2c(ncn2CCN[C@H](CO)[C@H](O)c2ccc(N([O-])O)cc2)n(C)c1=O. The summed E-state index contributed by atoms with van der Waals surface area (Å²) in [5, 5.41) is 42.6. The lowest BCUT2D eigenvalue weighted by molar-refractivity contribution is 0.0897. The number of aliphatic hydroxyl groups is 2. The summed E-state index contributed by atoms with van der Waals surface area (Å²) in [6.07, 6.45) is 0.385. The molecule has 0 aliphatic heterocycles. The van der Waals surface area contributed by atoms with E-state index in [0.29, 0.717) is 18.7 Å². The van der Waals surface area contributed by atoms with Crippen molar-refractivity contribution in [2.45, 2.75) is 18.7 Å². The van der Waals surface area contributed by atoms with E-state index in [0.717, 1.165) is 4.57 Å². The number of aliphatic hydroxyl groups excluding tert-OH is 2. The molecule has 0 bridgehead atoms. The second kappa shape index (κ2) is 8.77. The van der Waals surface area contributed by atoms with Crippen LogP contribution in [0.3, 0.4) is 0 Å². The van der Waals surface area contributed by atoms with Gasteiger partial charge in [-0.3, -0.25) is 19.1 Å². The third-order valence-electron chi connectivity index (χ3n) is 5.01. The van der Waals surface area contributed by atoms with Crippen LogP contribution in [0.4, 0.5) is 5.69 Å². The third-order valence-corrected chi connectivity index (χ3v) is 5.01. The number of aromatic nitrogens is 4. The summed E-state index contributed by atoms with van der Waals surface area (Å²) < 4.78 is 3.90. The maximum atomic E-state index is 12.4. The van der Waals surface area contributed by atoms with Gasteiger partial charge >= 0.3 is 5.69 Å². The summed E-state index contributed by atoms with van der Waals surface area (Å²) in [6, 6.07) is 4.92. The molecule has 12 nitrogen and oxygen atoms in total. The standard InChI is InChI=1S/C18H23N6O6/c1-21-16-14(17(27)22(2)18(21)28)23(10-20-16)8-7-19-13(9-25)15(26)11-3-5-12(6-4-11)24(29)30/h3-6,10,13,15,19,25-26,29H,7-9H2,1-2H3/q-1/t13-,15-/m1/s1. The number of hydrogen-bond acceptors (Lipinski definition) is 9. The van der Waals surface area contributed by atoms with Gasteiger partial charge in [0.05, 0.1) is 30.8 Å². The van der Waals surface area contributed by atoms with Crippen LogP contribution >= 0.6 is 0 Å². The molecule has 0 aliphatic rings. The second-order valence-corrected chi connectivity index (χ2v) is 6.87. The van der Waals surface area contributed by atoms with Crippen molar-refractivity contribution in [2.75, 3.05) is 18.4 Å². The zero-order valence-electron chi connectivity index (χ0n) is 16.5. The molecule has 0 spiro atoms. The van der Waals surface area contributed by atoms with Gasteiger partial charge in [-0.2, -0.15) is 0 Å². The summed E-state index contributed by atoms with van der Waals surface area (Å²) in [5.74, 6) is 0. The molecule has 12 heteroatoms. The van der Waals surface area contributed by atoms with Crippen LogP contribution in [-0.4, -0.2) is 53.3 Å². The number of nitrogens with zero attached hydrogens (tertiary/aromatic N) is 5. The van der Waals surface area contributed by atoms with Crippen LogP contribution in [0.1, 0.15) is 11.7 Å². The highest BCUT2D eigenvalue weighted by Crippen LogP contribution is 2.20. The molecule has 3 rings (SSSR count). The molecule has 0 amide bonds. The van der Waals surface area contributed by atoms with Gasteiger partial charge in [-0.15, -0.1) is 0 Å². The van der Waals surface area contributed by atoms with E-state index in [1.54, 1.807) is 4.57 Å². The molecular formula is C18H23N6O6-. The molecule has 0 saturated carbocycles. The minimum absolute atomic E-state index is 0.0161. The number of fused-ring (bicyclic) bond motifs is 1. The Hall–Kier alpha value is -3.03. The number of anilines is 1. The van der Waals surface area contributed by atoms with Gasteiger partial charge in [0, 0.05) is 27.2 Å². The van der Waals surface area contributed by atoms with E-state index < -0.39 is 23.4 Å². The molecule has 0 saturated heterocycles. The summed E-state index contributed by atoms with van der Waals surface area (Å²) >= 11 is 0. The zero-order valence-corrected chi connectivity index (χ0v) is 16.5. The first-order valence-electron chi connectivity index (χ1n) is 9.15. The van der Waals surface area contributed by atoms with Crippen LogP contribution in [0.25, 0.3) is 11.2 Å². The Balaban J connectivity index is 1.72. The molecule has 0 radical (unpaired) electrons. The van der Waals surface area contributed by atoms with Gasteiger partial charge in [-0.1, -0.05) is 12.1 Å². The van der Waals surface area contributed by atoms with Crippen molar-refractivity contribution >= 4 is 16.9 Å². The van der Waals surface area contributed by atoms with Gasteiger partial charge < -0.3 is 30.5 Å². The first-order valence-corrected chi connectivity index (χ1v) is 9.15. The molecule has 2 heterocycles. The first-order chi connectivity index (χ1) is 14.3. The van der Waals surface area contributed by atoms with E-state index in [2.05, 4.69) is 10.3 Å². The molecule has 1 aromatic carbocycles. The maximum absolute atomic E-state index is 12.4. The van der Waals surface area contributed by atoms with Gasteiger partial charge in [-0.25, -0.2) is 9.78 Å². The first kappa shape index (κ1) is 21.7. The van der Waals surface area contributed by atoms with Crippen LogP contribution < -0.4 is 21.8 Å². The summed E-state index contributed by atoms with van der Waals surface area (Å²) in [5.41, 5.74) is 0.0985. The molecule has 3 aromatic rings. The van der Waals surface area contributed by atoms with E-state index in [1.807, 2.05) is 0 Å². The summed E-state index contributed by atoms with van der Waals surface area (Å²) in [7, 11) is 2.93.